The third-order valence-electron chi connectivity index (χ3n) is 4.65. The minimum Gasteiger partial charge on any atom is -0.406 e. The fourth-order valence-electron chi connectivity index (χ4n) is 3.24. The van der Waals surface area contributed by atoms with Crippen LogP contribution in [0, 0.1) is 6.92 Å². The van der Waals surface area contributed by atoms with Crippen LogP contribution in [-0.2, 0) is 22.1 Å². The zero-order chi connectivity index (χ0) is 22.3. The summed E-state index contributed by atoms with van der Waals surface area (Å²) in [5.74, 6) is -1.05. The predicted octanol–water partition coefficient (Wildman–Crippen LogP) is 1.85. The van der Waals surface area contributed by atoms with E-state index >= 15 is 0 Å². The SMILES string of the molecule is Cc1nn(C)cc1C1CC(C(=O)Nc2ccc(OC(F)(F)F)cc2)N(C)S(=O)(=O)N1. The number of ether oxygens (including phenoxy) is 1. The van der Waals surface area contributed by atoms with Gasteiger partial charge in [-0.1, -0.05) is 0 Å². The van der Waals surface area contributed by atoms with Crippen molar-refractivity contribution in [2.45, 2.75) is 31.8 Å². The van der Waals surface area contributed by atoms with E-state index < -0.39 is 40.3 Å². The van der Waals surface area contributed by atoms with Gasteiger partial charge < -0.3 is 10.1 Å². The van der Waals surface area contributed by atoms with Crippen LogP contribution in [0.15, 0.2) is 30.5 Å². The van der Waals surface area contributed by atoms with E-state index in [1.165, 1.54) is 19.2 Å². The van der Waals surface area contributed by atoms with Crippen LogP contribution >= 0.6 is 0 Å². The molecule has 1 aromatic carbocycles. The van der Waals surface area contributed by atoms with Crippen molar-refractivity contribution in [1.82, 2.24) is 18.8 Å². The summed E-state index contributed by atoms with van der Waals surface area (Å²) in [7, 11) is -0.958. The molecule has 0 aliphatic carbocycles. The van der Waals surface area contributed by atoms with Crippen LogP contribution in [0.2, 0.25) is 0 Å². The maximum atomic E-state index is 12.8. The standard InChI is InChI=1S/C17H20F3N5O4S/c1-10-13(9-24(2)22-10)14-8-15(25(3)30(27,28)23-14)16(26)21-11-4-6-12(7-5-11)29-17(18,19)20/h4-7,9,14-15,23H,8H2,1-3H3,(H,21,26). The number of rotatable bonds is 4. The number of anilines is 1. The number of hydrogen-bond acceptors (Lipinski definition) is 5. The minimum absolute atomic E-state index is 0.142. The molecule has 1 aromatic heterocycles. The van der Waals surface area contributed by atoms with Crippen LogP contribution in [0.25, 0.3) is 0 Å². The number of halogens is 3. The van der Waals surface area contributed by atoms with Crippen molar-refractivity contribution in [3.8, 4) is 5.75 Å². The molecular weight excluding hydrogens is 427 g/mol. The molecule has 1 amide bonds. The largest absolute Gasteiger partial charge is 0.573 e. The summed E-state index contributed by atoms with van der Waals surface area (Å²) < 4.78 is 70.6. The van der Waals surface area contributed by atoms with E-state index in [0.29, 0.717) is 11.3 Å². The first-order chi connectivity index (χ1) is 13.9. The minimum atomic E-state index is -4.82. The summed E-state index contributed by atoms with van der Waals surface area (Å²) in [6.07, 6.45) is -3.00. The number of likely N-dealkylation sites (N-methyl/N-ethyl adjacent to an activating group) is 1. The van der Waals surface area contributed by atoms with E-state index in [0.717, 1.165) is 16.4 Å². The van der Waals surface area contributed by atoms with Crippen molar-refractivity contribution in [2.24, 2.45) is 7.05 Å². The second kappa shape index (κ2) is 7.89. The molecule has 1 aliphatic rings. The number of nitrogens with one attached hydrogen (secondary N) is 2. The van der Waals surface area contributed by atoms with Gasteiger partial charge in [0.1, 0.15) is 11.8 Å². The van der Waals surface area contributed by atoms with E-state index in [4.69, 9.17) is 0 Å². The molecule has 1 saturated heterocycles. The Balaban J connectivity index is 1.77. The quantitative estimate of drug-likeness (QED) is 0.744. The van der Waals surface area contributed by atoms with E-state index in [1.54, 1.807) is 24.9 Å². The predicted molar refractivity (Wildman–Crippen MR) is 101 cm³/mol. The van der Waals surface area contributed by atoms with Gasteiger partial charge in [-0.05, 0) is 37.6 Å². The molecule has 1 aliphatic heterocycles. The summed E-state index contributed by atoms with van der Waals surface area (Å²) in [4.78, 5) is 12.8. The lowest BCUT2D eigenvalue weighted by Gasteiger charge is -2.36. The highest BCUT2D eigenvalue weighted by atomic mass is 32.2. The number of aryl methyl sites for hydroxylation is 2. The van der Waals surface area contributed by atoms with Crippen LogP contribution in [-0.4, -0.2) is 47.9 Å². The van der Waals surface area contributed by atoms with Gasteiger partial charge in [-0.3, -0.25) is 9.48 Å². The van der Waals surface area contributed by atoms with Crippen LogP contribution in [0.4, 0.5) is 18.9 Å². The van der Waals surface area contributed by atoms with E-state index in [-0.39, 0.29) is 12.1 Å². The van der Waals surface area contributed by atoms with Gasteiger partial charge in [0, 0.05) is 31.5 Å². The first kappa shape index (κ1) is 22.1. The maximum absolute atomic E-state index is 12.8. The van der Waals surface area contributed by atoms with E-state index in [2.05, 4.69) is 19.9 Å². The number of alkyl halides is 3. The number of carbonyl (C=O) groups is 1. The molecule has 2 heterocycles. The van der Waals surface area contributed by atoms with Crippen molar-refractivity contribution in [3.05, 3.63) is 41.7 Å². The molecule has 2 atom stereocenters. The smallest absolute Gasteiger partial charge is 0.406 e. The van der Waals surface area contributed by atoms with Gasteiger partial charge in [-0.25, -0.2) is 0 Å². The van der Waals surface area contributed by atoms with Crippen molar-refractivity contribution < 1.29 is 31.1 Å². The molecule has 0 spiro atoms. The average molecular weight is 447 g/mol. The highest BCUT2D eigenvalue weighted by Gasteiger charge is 2.41. The lowest BCUT2D eigenvalue weighted by atomic mass is 10.00. The zero-order valence-corrected chi connectivity index (χ0v) is 17.1. The van der Waals surface area contributed by atoms with Gasteiger partial charge in [0.2, 0.25) is 5.91 Å². The molecule has 0 saturated carbocycles. The second-order valence-electron chi connectivity index (χ2n) is 6.85. The van der Waals surface area contributed by atoms with Gasteiger partial charge in [0.25, 0.3) is 10.2 Å². The third kappa shape index (κ3) is 4.91. The van der Waals surface area contributed by atoms with Crippen molar-refractivity contribution in [2.75, 3.05) is 12.4 Å². The van der Waals surface area contributed by atoms with Crippen LogP contribution in [0.1, 0.15) is 23.7 Å². The molecule has 1 fully saturated rings. The van der Waals surface area contributed by atoms with Crippen molar-refractivity contribution >= 4 is 21.8 Å². The normalized spacial score (nSPS) is 21.9. The number of hydrogen-bond donors (Lipinski definition) is 2. The zero-order valence-electron chi connectivity index (χ0n) is 16.3. The summed E-state index contributed by atoms with van der Waals surface area (Å²) in [5.41, 5.74) is 1.49. The molecule has 2 aromatic rings. The van der Waals surface area contributed by atoms with Crippen LogP contribution in [0.5, 0.6) is 5.75 Å². The molecule has 0 bridgehead atoms. The topological polar surface area (TPSA) is 106 Å². The van der Waals surface area contributed by atoms with E-state index in [9.17, 15) is 26.4 Å². The van der Waals surface area contributed by atoms with Gasteiger partial charge in [0.15, 0.2) is 0 Å². The molecule has 0 radical (unpaired) electrons. The fraction of sp³-hybridized carbons (Fsp3) is 0.412. The molecule has 13 heteroatoms. The molecule has 2 N–H and O–H groups in total. The highest BCUT2D eigenvalue weighted by molar-refractivity contribution is 7.87. The van der Waals surface area contributed by atoms with Gasteiger partial charge >= 0.3 is 6.36 Å². The van der Waals surface area contributed by atoms with Gasteiger partial charge in [-0.2, -0.15) is 22.5 Å². The lowest BCUT2D eigenvalue weighted by Crippen LogP contribution is -2.56. The summed E-state index contributed by atoms with van der Waals surface area (Å²) in [6.45, 7) is 1.74. The van der Waals surface area contributed by atoms with Gasteiger partial charge in [-0.15, -0.1) is 13.2 Å². The molecule has 2 unspecified atom stereocenters. The number of carbonyl (C=O) groups excluding carboxylic acids is 1. The number of amides is 1. The maximum Gasteiger partial charge on any atom is 0.573 e. The average Bonchev–Trinajstić information content (AvgIpc) is 2.96. The lowest BCUT2D eigenvalue weighted by molar-refractivity contribution is -0.274. The Morgan fingerprint density at radius 3 is 2.43 bits per heavy atom. The second-order valence-corrected chi connectivity index (χ2v) is 8.61. The first-order valence-electron chi connectivity index (χ1n) is 8.78. The Labute approximate surface area is 171 Å². The highest BCUT2D eigenvalue weighted by Crippen LogP contribution is 2.30. The Kier molecular flexibility index (Phi) is 5.80. The van der Waals surface area contributed by atoms with E-state index in [1.807, 2.05) is 0 Å². The molecule has 9 nitrogen and oxygen atoms in total. The molecular formula is C17H20F3N5O4S. The number of nitrogens with zero attached hydrogens (tertiary/aromatic N) is 3. The molecule has 164 valence electrons. The number of aromatic nitrogens is 2. The third-order valence-corrected chi connectivity index (χ3v) is 6.25. The first-order valence-corrected chi connectivity index (χ1v) is 10.2. The number of benzene rings is 1. The Morgan fingerprint density at radius 2 is 1.90 bits per heavy atom. The van der Waals surface area contributed by atoms with Crippen molar-refractivity contribution in [3.63, 3.8) is 0 Å². The monoisotopic (exact) mass is 447 g/mol. The molecule has 3 rings (SSSR count). The Bertz CT molecular complexity index is 1040. The molecule has 30 heavy (non-hydrogen) atoms. The summed E-state index contributed by atoms with van der Waals surface area (Å²) >= 11 is 0. The Hall–Kier alpha value is -2.64. The van der Waals surface area contributed by atoms with Crippen LogP contribution < -0.4 is 14.8 Å². The summed E-state index contributed by atoms with van der Waals surface area (Å²) in [5, 5.41) is 6.73. The van der Waals surface area contributed by atoms with Gasteiger partial charge in [0.05, 0.1) is 11.7 Å². The van der Waals surface area contributed by atoms with Crippen LogP contribution in [0.3, 0.4) is 0 Å². The summed E-state index contributed by atoms with van der Waals surface area (Å²) in [6, 6.07) is 2.88. The fourth-order valence-corrected chi connectivity index (χ4v) is 4.50. The Morgan fingerprint density at radius 1 is 1.27 bits per heavy atom. The van der Waals surface area contributed by atoms with Crippen molar-refractivity contribution in [1.29, 1.82) is 0 Å².